The molecule has 140 valence electrons. The van der Waals surface area contributed by atoms with Crippen LogP contribution in [-0.4, -0.2) is 42.9 Å². The molecule has 25 heavy (non-hydrogen) atoms. The Balaban J connectivity index is 0.00000312. The van der Waals surface area contributed by atoms with E-state index in [4.69, 9.17) is 4.99 Å². The molecule has 0 radical (unpaired) electrons. The average Bonchev–Trinajstić information content (AvgIpc) is 2.87. The summed E-state index contributed by atoms with van der Waals surface area (Å²) >= 11 is 0. The minimum atomic E-state index is -0.0452. The molecule has 1 amide bonds. The van der Waals surface area contributed by atoms with E-state index in [0.717, 1.165) is 44.2 Å². The summed E-state index contributed by atoms with van der Waals surface area (Å²) in [5.74, 6) is 0.981. The van der Waals surface area contributed by atoms with Gasteiger partial charge in [-0.3, -0.25) is 9.79 Å². The third kappa shape index (κ3) is 7.22. The minimum Gasteiger partial charge on any atom is -0.357 e. The van der Waals surface area contributed by atoms with E-state index in [-0.39, 0.29) is 29.9 Å². The number of nitrogens with one attached hydrogen (secondary N) is 2. The lowest BCUT2D eigenvalue weighted by molar-refractivity contribution is -0.114. The zero-order valence-corrected chi connectivity index (χ0v) is 18.1. The first kappa shape index (κ1) is 21.7. The van der Waals surface area contributed by atoms with Gasteiger partial charge in [-0.15, -0.1) is 24.0 Å². The van der Waals surface area contributed by atoms with E-state index in [1.807, 2.05) is 24.3 Å². The molecule has 0 unspecified atom stereocenters. The number of hydrogen-bond donors (Lipinski definition) is 2. The summed E-state index contributed by atoms with van der Waals surface area (Å²) < 4.78 is 0. The van der Waals surface area contributed by atoms with E-state index >= 15 is 0 Å². The Morgan fingerprint density at radius 3 is 2.48 bits per heavy atom. The van der Waals surface area contributed by atoms with Crippen molar-refractivity contribution in [2.45, 2.75) is 40.5 Å². The first-order valence-electron chi connectivity index (χ1n) is 8.79. The first-order valence-corrected chi connectivity index (χ1v) is 8.79. The van der Waals surface area contributed by atoms with Crippen LogP contribution in [0.5, 0.6) is 0 Å². The van der Waals surface area contributed by atoms with Gasteiger partial charge < -0.3 is 15.5 Å². The number of guanidine groups is 1. The molecule has 1 aliphatic rings. The highest BCUT2D eigenvalue weighted by molar-refractivity contribution is 14.0. The summed E-state index contributed by atoms with van der Waals surface area (Å²) in [4.78, 5) is 18.2. The van der Waals surface area contributed by atoms with Crippen LogP contribution in [0.4, 0.5) is 5.69 Å². The minimum absolute atomic E-state index is 0. The SMILES string of the molecule is CCNC(=NCCc1ccc(NC(C)=O)cc1)N1CCC(C)(C)C1.I. The molecule has 1 fully saturated rings. The van der Waals surface area contributed by atoms with Gasteiger partial charge in [0, 0.05) is 38.8 Å². The smallest absolute Gasteiger partial charge is 0.221 e. The Morgan fingerprint density at radius 1 is 1.28 bits per heavy atom. The third-order valence-corrected chi connectivity index (χ3v) is 4.25. The molecule has 1 aromatic rings. The standard InChI is InChI=1S/C19H30N4O.HI/c1-5-20-18(23-13-11-19(3,4)14-23)21-12-10-16-6-8-17(9-7-16)22-15(2)24;/h6-9H,5,10-14H2,1-4H3,(H,20,21)(H,22,24);1H. The van der Waals surface area contributed by atoms with Gasteiger partial charge >= 0.3 is 0 Å². The summed E-state index contributed by atoms with van der Waals surface area (Å²) in [5, 5.41) is 6.19. The summed E-state index contributed by atoms with van der Waals surface area (Å²) in [7, 11) is 0. The fraction of sp³-hybridized carbons (Fsp3) is 0.579. The van der Waals surface area contributed by atoms with Crippen molar-refractivity contribution in [3.8, 4) is 0 Å². The summed E-state index contributed by atoms with van der Waals surface area (Å²) in [6.45, 7) is 12.0. The van der Waals surface area contributed by atoms with Crippen LogP contribution in [0.25, 0.3) is 0 Å². The van der Waals surface area contributed by atoms with E-state index < -0.39 is 0 Å². The van der Waals surface area contributed by atoms with Crippen LogP contribution in [0.3, 0.4) is 0 Å². The van der Waals surface area contributed by atoms with Crippen molar-refractivity contribution in [3.05, 3.63) is 29.8 Å². The highest BCUT2D eigenvalue weighted by atomic mass is 127. The number of benzene rings is 1. The molecule has 1 heterocycles. The Labute approximate surface area is 168 Å². The Morgan fingerprint density at radius 2 is 1.96 bits per heavy atom. The number of carbonyl (C=O) groups excluding carboxylic acids is 1. The van der Waals surface area contributed by atoms with E-state index in [9.17, 15) is 4.79 Å². The van der Waals surface area contributed by atoms with Crippen molar-refractivity contribution in [1.29, 1.82) is 0 Å². The number of amides is 1. The van der Waals surface area contributed by atoms with Gasteiger partial charge in [-0.25, -0.2) is 0 Å². The maximum atomic E-state index is 11.0. The maximum Gasteiger partial charge on any atom is 0.221 e. The lowest BCUT2D eigenvalue weighted by atomic mass is 9.93. The third-order valence-electron chi connectivity index (χ3n) is 4.25. The molecule has 1 aliphatic heterocycles. The van der Waals surface area contributed by atoms with Crippen molar-refractivity contribution in [1.82, 2.24) is 10.2 Å². The molecule has 6 heteroatoms. The van der Waals surface area contributed by atoms with Gasteiger partial charge in [-0.1, -0.05) is 26.0 Å². The largest absolute Gasteiger partial charge is 0.357 e. The summed E-state index contributed by atoms with van der Waals surface area (Å²) in [6.07, 6.45) is 2.11. The lowest BCUT2D eigenvalue weighted by Crippen LogP contribution is -2.40. The fourth-order valence-electron chi connectivity index (χ4n) is 2.97. The van der Waals surface area contributed by atoms with Crippen molar-refractivity contribution in [3.63, 3.8) is 0 Å². The predicted octanol–water partition coefficient (Wildman–Crippen LogP) is 3.50. The number of rotatable bonds is 5. The second-order valence-corrected chi connectivity index (χ2v) is 7.20. The van der Waals surface area contributed by atoms with E-state index in [1.165, 1.54) is 18.9 Å². The van der Waals surface area contributed by atoms with Crippen LogP contribution >= 0.6 is 24.0 Å². The van der Waals surface area contributed by atoms with E-state index in [0.29, 0.717) is 5.41 Å². The van der Waals surface area contributed by atoms with Crippen molar-refractivity contribution >= 4 is 41.5 Å². The number of anilines is 1. The second-order valence-electron chi connectivity index (χ2n) is 7.20. The van der Waals surface area contributed by atoms with Crippen molar-refractivity contribution in [2.24, 2.45) is 10.4 Å². The fourth-order valence-corrected chi connectivity index (χ4v) is 2.97. The summed E-state index contributed by atoms with van der Waals surface area (Å²) in [6, 6.07) is 7.97. The highest BCUT2D eigenvalue weighted by Crippen LogP contribution is 2.28. The van der Waals surface area contributed by atoms with Gasteiger partial charge in [0.2, 0.25) is 5.91 Å². The molecule has 0 spiro atoms. The number of likely N-dealkylation sites (tertiary alicyclic amines) is 1. The van der Waals surface area contributed by atoms with Crippen molar-refractivity contribution < 1.29 is 4.79 Å². The average molecular weight is 458 g/mol. The molecule has 2 N–H and O–H groups in total. The van der Waals surface area contributed by atoms with Gasteiger partial charge in [0.1, 0.15) is 0 Å². The first-order chi connectivity index (χ1) is 11.4. The van der Waals surface area contributed by atoms with Gasteiger partial charge in [0.15, 0.2) is 5.96 Å². The van der Waals surface area contributed by atoms with Crippen LogP contribution in [0.1, 0.15) is 39.7 Å². The number of nitrogens with zero attached hydrogens (tertiary/aromatic N) is 2. The molecule has 5 nitrogen and oxygen atoms in total. The van der Waals surface area contributed by atoms with Crippen LogP contribution in [0.15, 0.2) is 29.3 Å². The number of hydrogen-bond acceptors (Lipinski definition) is 2. The molecular formula is C19H31IN4O. The molecule has 0 bridgehead atoms. The Kier molecular flexibility index (Phi) is 8.68. The Bertz CT molecular complexity index is 584. The predicted molar refractivity (Wildman–Crippen MR) is 116 cm³/mol. The molecule has 1 aromatic carbocycles. The topological polar surface area (TPSA) is 56.7 Å². The van der Waals surface area contributed by atoms with Gasteiger partial charge in [0.25, 0.3) is 0 Å². The molecule has 0 saturated carbocycles. The van der Waals surface area contributed by atoms with Gasteiger partial charge in [-0.2, -0.15) is 0 Å². The molecule has 2 rings (SSSR count). The number of aliphatic imine (C=N–C) groups is 1. The second kappa shape index (κ2) is 9.99. The van der Waals surface area contributed by atoms with E-state index in [1.54, 1.807) is 0 Å². The molecule has 0 atom stereocenters. The van der Waals surface area contributed by atoms with Crippen LogP contribution in [0.2, 0.25) is 0 Å². The molecular weight excluding hydrogens is 427 g/mol. The maximum absolute atomic E-state index is 11.0. The normalized spacial score (nSPS) is 16.3. The van der Waals surface area contributed by atoms with Crippen molar-refractivity contribution in [2.75, 3.05) is 31.5 Å². The number of halogens is 1. The lowest BCUT2D eigenvalue weighted by Gasteiger charge is -2.23. The Hall–Kier alpha value is -1.31. The van der Waals surface area contributed by atoms with Crippen LogP contribution in [0, 0.1) is 5.41 Å². The number of carbonyl (C=O) groups is 1. The quantitative estimate of drug-likeness (QED) is 0.404. The monoisotopic (exact) mass is 458 g/mol. The zero-order chi connectivity index (χ0) is 17.6. The molecule has 1 saturated heterocycles. The zero-order valence-electron chi connectivity index (χ0n) is 15.8. The summed E-state index contributed by atoms with van der Waals surface area (Å²) in [5.41, 5.74) is 2.43. The van der Waals surface area contributed by atoms with Gasteiger partial charge in [-0.05, 0) is 42.9 Å². The molecule has 0 aromatic heterocycles. The van der Waals surface area contributed by atoms with Crippen LogP contribution in [-0.2, 0) is 11.2 Å². The van der Waals surface area contributed by atoms with Crippen LogP contribution < -0.4 is 10.6 Å². The van der Waals surface area contributed by atoms with Gasteiger partial charge in [0.05, 0.1) is 0 Å². The van der Waals surface area contributed by atoms with E-state index in [2.05, 4.69) is 36.3 Å². The molecule has 0 aliphatic carbocycles. The highest BCUT2D eigenvalue weighted by Gasteiger charge is 2.30.